The molecular weight excluding hydrogens is 367 g/mol. The molecule has 0 bridgehead atoms. The van der Waals surface area contributed by atoms with Gasteiger partial charge in [-0.3, -0.25) is 14.5 Å². The van der Waals surface area contributed by atoms with E-state index in [-0.39, 0.29) is 42.5 Å². The second kappa shape index (κ2) is 11.9. The summed E-state index contributed by atoms with van der Waals surface area (Å²) in [4.78, 5) is 30.4. The van der Waals surface area contributed by atoms with Gasteiger partial charge in [-0.25, -0.2) is 0 Å². The zero-order valence-corrected chi connectivity index (χ0v) is 16.8. The number of hydrogen-bond donors (Lipinski definition) is 1. The topological polar surface area (TPSA) is 79.1 Å². The van der Waals surface area contributed by atoms with Crippen molar-refractivity contribution in [2.24, 2.45) is 11.7 Å². The third-order valence-corrected chi connectivity index (χ3v) is 4.95. The summed E-state index contributed by atoms with van der Waals surface area (Å²) >= 11 is 0. The summed E-state index contributed by atoms with van der Waals surface area (Å²) in [5.41, 5.74) is 6.04. The largest absolute Gasteiger partial charge is 0.378 e. The Morgan fingerprint density at radius 1 is 1.00 bits per heavy atom. The van der Waals surface area contributed by atoms with Crippen molar-refractivity contribution in [3.63, 3.8) is 0 Å². The minimum atomic E-state index is -0.415. The van der Waals surface area contributed by atoms with Crippen molar-refractivity contribution in [3.8, 4) is 0 Å². The number of nitrogens with two attached hydrogens (primary N) is 1. The fraction of sp³-hybridized carbons (Fsp3) is 0.875. The Balaban J connectivity index is 0.00000288. The predicted octanol–water partition coefficient (Wildman–Crippen LogP) is 0.206. The summed E-state index contributed by atoms with van der Waals surface area (Å²) in [6.45, 7) is 9.88. The lowest BCUT2D eigenvalue weighted by atomic mass is 9.98. The van der Waals surface area contributed by atoms with E-state index in [4.69, 9.17) is 10.5 Å². The van der Waals surface area contributed by atoms with E-state index in [1.54, 1.807) is 0 Å². The minimum absolute atomic E-state index is 0. The molecule has 2 fully saturated rings. The van der Waals surface area contributed by atoms with Crippen LogP contribution < -0.4 is 5.73 Å². The van der Waals surface area contributed by atoms with Gasteiger partial charge in [-0.1, -0.05) is 20.3 Å². The number of carbonyl (C=O) groups excluding carboxylic acids is 2. The number of carbonyl (C=O) groups is 2. The summed E-state index contributed by atoms with van der Waals surface area (Å²) in [6, 6.07) is -0.415. The second-order valence-corrected chi connectivity index (χ2v) is 6.51. The van der Waals surface area contributed by atoms with Crippen LogP contribution in [-0.4, -0.2) is 91.6 Å². The summed E-state index contributed by atoms with van der Waals surface area (Å²) in [5, 5.41) is 0. The van der Waals surface area contributed by atoms with Gasteiger partial charge < -0.3 is 20.3 Å². The molecule has 0 aromatic heterocycles. The molecule has 2 heterocycles. The number of morpholine rings is 1. The smallest absolute Gasteiger partial charge is 0.239 e. The molecule has 0 saturated carbocycles. The Morgan fingerprint density at radius 2 is 1.56 bits per heavy atom. The van der Waals surface area contributed by atoms with E-state index >= 15 is 0 Å². The van der Waals surface area contributed by atoms with Crippen LogP contribution in [0.4, 0.5) is 0 Å². The summed E-state index contributed by atoms with van der Waals surface area (Å²) in [7, 11) is 0. The molecule has 2 aliphatic rings. The number of ether oxygens (including phenoxy) is 1. The van der Waals surface area contributed by atoms with Crippen molar-refractivity contribution in [2.75, 3.05) is 59.0 Å². The van der Waals surface area contributed by atoms with Crippen LogP contribution in [0.5, 0.6) is 0 Å². The van der Waals surface area contributed by atoms with Crippen LogP contribution in [0.25, 0.3) is 0 Å². The van der Waals surface area contributed by atoms with Crippen LogP contribution in [0.15, 0.2) is 0 Å². The highest BCUT2D eigenvalue weighted by Crippen LogP contribution is 2.11. The van der Waals surface area contributed by atoms with Crippen molar-refractivity contribution >= 4 is 36.6 Å². The van der Waals surface area contributed by atoms with Crippen LogP contribution in [-0.2, 0) is 14.3 Å². The van der Waals surface area contributed by atoms with E-state index in [2.05, 4.69) is 4.90 Å². The summed E-state index contributed by atoms with van der Waals surface area (Å²) in [5.74, 6) is 0.395. The number of amides is 2. The van der Waals surface area contributed by atoms with Gasteiger partial charge in [0.05, 0.1) is 25.8 Å². The van der Waals surface area contributed by atoms with Crippen LogP contribution in [0.3, 0.4) is 0 Å². The Morgan fingerprint density at radius 3 is 2.08 bits per heavy atom. The average Bonchev–Trinajstić information content (AvgIpc) is 2.61. The van der Waals surface area contributed by atoms with Crippen molar-refractivity contribution in [1.29, 1.82) is 0 Å². The summed E-state index contributed by atoms with van der Waals surface area (Å²) < 4.78 is 5.27. The molecule has 0 spiro atoms. The molecule has 2 saturated heterocycles. The SMILES string of the molecule is CCC(C)C(N)C(=O)N1CCN(CC(=O)N2CCOCC2)CC1.Cl.Cl. The van der Waals surface area contributed by atoms with E-state index in [0.29, 0.717) is 45.9 Å². The van der Waals surface area contributed by atoms with Crippen molar-refractivity contribution < 1.29 is 14.3 Å². The molecule has 2 unspecified atom stereocenters. The molecule has 9 heteroatoms. The van der Waals surface area contributed by atoms with E-state index in [1.165, 1.54) is 0 Å². The second-order valence-electron chi connectivity index (χ2n) is 6.51. The van der Waals surface area contributed by atoms with Crippen LogP contribution in [0.1, 0.15) is 20.3 Å². The number of rotatable bonds is 5. The first kappa shape index (κ1) is 24.4. The molecule has 148 valence electrons. The molecule has 2 atom stereocenters. The maximum absolute atomic E-state index is 12.4. The third-order valence-electron chi connectivity index (χ3n) is 4.95. The number of nitrogens with zero attached hydrogens (tertiary/aromatic N) is 3. The highest BCUT2D eigenvalue weighted by molar-refractivity contribution is 5.85. The third kappa shape index (κ3) is 6.90. The molecular formula is C16H32Cl2N4O3. The molecule has 0 aliphatic carbocycles. The summed E-state index contributed by atoms with van der Waals surface area (Å²) in [6.07, 6.45) is 0.904. The molecule has 0 aromatic carbocycles. The van der Waals surface area contributed by atoms with Gasteiger partial charge in [0, 0.05) is 39.3 Å². The Kier molecular flexibility index (Phi) is 11.6. The van der Waals surface area contributed by atoms with Gasteiger partial charge in [0.15, 0.2) is 0 Å². The van der Waals surface area contributed by atoms with Crippen molar-refractivity contribution in [3.05, 3.63) is 0 Å². The van der Waals surface area contributed by atoms with Crippen LogP contribution >= 0.6 is 24.8 Å². The molecule has 2 amide bonds. The first-order chi connectivity index (χ1) is 11.0. The standard InChI is InChI=1S/C16H30N4O3.2ClH/c1-3-13(2)15(17)16(22)20-6-4-18(5-7-20)12-14(21)19-8-10-23-11-9-19;;/h13,15H,3-12,17H2,1-2H3;2*1H. The Labute approximate surface area is 163 Å². The van der Waals surface area contributed by atoms with Crippen molar-refractivity contribution in [1.82, 2.24) is 14.7 Å². The van der Waals surface area contributed by atoms with E-state index in [0.717, 1.165) is 19.5 Å². The van der Waals surface area contributed by atoms with Gasteiger partial charge >= 0.3 is 0 Å². The van der Waals surface area contributed by atoms with Gasteiger partial charge in [0.25, 0.3) is 0 Å². The molecule has 2 aliphatic heterocycles. The number of piperazine rings is 1. The minimum Gasteiger partial charge on any atom is -0.378 e. The lowest BCUT2D eigenvalue weighted by Gasteiger charge is -2.37. The lowest BCUT2D eigenvalue weighted by molar-refractivity contribution is -0.138. The maximum Gasteiger partial charge on any atom is 0.239 e. The van der Waals surface area contributed by atoms with E-state index < -0.39 is 6.04 Å². The van der Waals surface area contributed by atoms with Gasteiger partial charge in [-0.05, 0) is 5.92 Å². The monoisotopic (exact) mass is 398 g/mol. The molecule has 2 N–H and O–H groups in total. The van der Waals surface area contributed by atoms with Crippen LogP contribution in [0.2, 0.25) is 0 Å². The van der Waals surface area contributed by atoms with E-state index in [9.17, 15) is 9.59 Å². The average molecular weight is 399 g/mol. The lowest BCUT2D eigenvalue weighted by Crippen LogP contribution is -2.56. The molecule has 25 heavy (non-hydrogen) atoms. The van der Waals surface area contributed by atoms with Gasteiger partial charge in [-0.15, -0.1) is 24.8 Å². The Bertz CT molecular complexity index is 414. The zero-order valence-electron chi connectivity index (χ0n) is 15.2. The van der Waals surface area contributed by atoms with Crippen molar-refractivity contribution in [2.45, 2.75) is 26.3 Å². The quantitative estimate of drug-likeness (QED) is 0.715. The number of hydrogen-bond acceptors (Lipinski definition) is 5. The predicted molar refractivity (Wildman–Crippen MR) is 102 cm³/mol. The van der Waals surface area contributed by atoms with Gasteiger partial charge in [0.2, 0.25) is 11.8 Å². The molecule has 0 aromatic rings. The fourth-order valence-electron chi connectivity index (χ4n) is 2.94. The van der Waals surface area contributed by atoms with E-state index in [1.807, 2.05) is 23.6 Å². The highest BCUT2D eigenvalue weighted by Gasteiger charge is 2.29. The van der Waals surface area contributed by atoms with Crippen LogP contribution in [0, 0.1) is 5.92 Å². The normalized spacial score (nSPS) is 20.9. The molecule has 0 radical (unpaired) electrons. The maximum atomic E-state index is 12.4. The Hall–Kier alpha value is -0.600. The first-order valence-electron chi connectivity index (χ1n) is 8.65. The number of halogens is 2. The van der Waals surface area contributed by atoms with Gasteiger partial charge in [-0.2, -0.15) is 0 Å². The van der Waals surface area contributed by atoms with Gasteiger partial charge in [0.1, 0.15) is 0 Å². The molecule has 2 rings (SSSR count). The zero-order chi connectivity index (χ0) is 16.8. The highest BCUT2D eigenvalue weighted by atomic mass is 35.5. The first-order valence-corrected chi connectivity index (χ1v) is 8.65. The fourth-order valence-corrected chi connectivity index (χ4v) is 2.94. The molecule has 7 nitrogen and oxygen atoms in total.